The van der Waals surface area contributed by atoms with Crippen molar-refractivity contribution in [2.24, 2.45) is 5.92 Å². The predicted octanol–water partition coefficient (Wildman–Crippen LogP) is 2.81. The Balaban J connectivity index is 1.66. The van der Waals surface area contributed by atoms with Crippen LogP contribution in [0.4, 0.5) is 5.69 Å². The molecular formula is C19H23N3O3. The number of carbonyl (C=O) groups excluding carboxylic acids is 2. The molecule has 2 aromatic rings. The topological polar surface area (TPSA) is 66.7 Å². The maximum absolute atomic E-state index is 12.6. The predicted molar refractivity (Wildman–Crippen MR) is 94.0 cm³/mol. The molecule has 6 heteroatoms. The van der Waals surface area contributed by atoms with Gasteiger partial charge in [0.25, 0.3) is 0 Å². The number of anilines is 1. The van der Waals surface area contributed by atoms with Gasteiger partial charge in [-0.3, -0.25) is 9.59 Å². The van der Waals surface area contributed by atoms with Crippen molar-refractivity contribution in [3.05, 3.63) is 47.9 Å². The second kappa shape index (κ2) is 7.09. The monoisotopic (exact) mass is 341 g/mol. The van der Waals surface area contributed by atoms with Gasteiger partial charge in [-0.15, -0.1) is 0 Å². The van der Waals surface area contributed by atoms with Crippen LogP contribution in [0.25, 0.3) is 0 Å². The first kappa shape index (κ1) is 17.2. The third-order valence-electron chi connectivity index (χ3n) is 4.61. The van der Waals surface area contributed by atoms with Gasteiger partial charge in [0.15, 0.2) is 0 Å². The maximum atomic E-state index is 12.6. The summed E-state index contributed by atoms with van der Waals surface area (Å²) in [5.41, 5.74) is 2.78. The molecule has 3 rings (SSSR count). The average molecular weight is 341 g/mol. The van der Waals surface area contributed by atoms with E-state index in [0.717, 1.165) is 5.69 Å². The molecule has 0 bridgehead atoms. The first-order valence-corrected chi connectivity index (χ1v) is 8.50. The van der Waals surface area contributed by atoms with E-state index in [-0.39, 0.29) is 24.2 Å². The molecule has 1 aliphatic heterocycles. The van der Waals surface area contributed by atoms with E-state index in [1.54, 1.807) is 22.9 Å². The molecular weight excluding hydrogens is 318 g/mol. The number of nitrogens with zero attached hydrogens (tertiary/aromatic N) is 3. The van der Waals surface area contributed by atoms with Gasteiger partial charge < -0.3 is 14.3 Å². The molecule has 132 valence electrons. The van der Waals surface area contributed by atoms with Gasteiger partial charge >= 0.3 is 0 Å². The molecule has 25 heavy (non-hydrogen) atoms. The third kappa shape index (κ3) is 3.73. The van der Waals surface area contributed by atoms with E-state index in [9.17, 15) is 9.59 Å². The van der Waals surface area contributed by atoms with E-state index in [1.807, 2.05) is 24.3 Å². The molecule has 6 nitrogen and oxygen atoms in total. The van der Waals surface area contributed by atoms with Crippen molar-refractivity contribution in [2.45, 2.75) is 32.7 Å². The smallest absolute Gasteiger partial charge is 0.228 e. The fraction of sp³-hybridized carbons (Fsp3) is 0.421. The molecule has 0 saturated carbocycles. The van der Waals surface area contributed by atoms with Gasteiger partial charge in [0, 0.05) is 31.8 Å². The quantitative estimate of drug-likeness (QED) is 0.839. The minimum Gasteiger partial charge on any atom is -0.364 e. The van der Waals surface area contributed by atoms with Gasteiger partial charge in [-0.25, -0.2) is 0 Å². The van der Waals surface area contributed by atoms with Gasteiger partial charge in [-0.1, -0.05) is 31.1 Å². The molecule has 1 atom stereocenters. The SMILES string of the molecule is CC(C)c1ccc(N2C[C@@H](C(=O)N(C)Cc3ccon3)CC2=O)cc1. The number of carbonyl (C=O) groups is 2. The zero-order valence-corrected chi connectivity index (χ0v) is 14.8. The Morgan fingerprint density at radius 3 is 2.64 bits per heavy atom. The lowest BCUT2D eigenvalue weighted by Crippen LogP contribution is -2.34. The highest BCUT2D eigenvalue weighted by Gasteiger charge is 2.36. The standard InChI is InChI=1S/C19H23N3O3/c1-13(2)14-4-6-17(7-5-14)22-11-15(10-18(22)23)19(24)21(3)12-16-8-9-25-20-16/h4-9,13,15H,10-12H2,1-3H3/t15-/m0/s1. The van der Waals surface area contributed by atoms with E-state index in [1.165, 1.54) is 11.8 Å². The number of hydrogen-bond donors (Lipinski definition) is 0. The molecule has 1 aliphatic rings. The number of amides is 2. The Bertz CT molecular complexity index is 738. The fourth-order valence-electron chi connectivity index (χ4n) is 3.11. The molecule has 0 aliphatic carbocycles. The summed E-state index contributed by atoms with van der Waals surface area (Å²) in [6.45, 7) is 5.07. The van der Waals surface area contributed by atoms with Crippen molar-refractivity contribution in [2.75, 3.05) is 18.5 Å². The lowest BCUT2D eigenvalue weighted by molar-refractivity contribution is -0.135. The van der Waals surface area contributed by atoms with Crippen molar-refractivity contribution in [1.82, 2.24) is 10.1 Å². The number of aromatic nitrogens is 1. The molecule has 0 spiro atoms. The highest BCUT2D eigenvalue weighted by atomic mass is 16.5. The Labute approximate surface area is 147 Å². The second-order valence-electron chi connectivity index (χ2n) is 6.84. The Hall–Kier alpha value is -2.63. The second-order valence-corrected chi connectivity index (χ2v) is 6.84. The van der Waals surface area contributed by atoms with Crippen LogP contribution in [0.2, 0.25) is 0 Å². The van der Waals surface area contributed by atoms with Crippen molar-refractivity contribution in [1.29, 1.82) is 0 Å². The molecule has 1 aromatic heterocycles. The number of hydrogen-bond acceptors (Lipinski definition) is 4. The summed E-state index contributed by atoms with van der Waals surface area (Å²) in [5.74, 6) is 0.0696. The Morgan fingerprint density at radius 1 is 1.32 bits per heavy atom. The Kier molecular flexibility index (Phi) is 4.88. The first-order valence-electron chi connectivity index (χ1n) is 8.50. The summed E-state index contributed by atoms with van der Waals surface area (Å²) in [4.78, 5) is 28.3. The van der Waals surface area contributed by atoms with Gasteiger partial charge in [-0.05, 0) is 23.6 Å². The largest absolute Gasteiger partial charge is 0.364 e. The minimum absolute atomic E-state index is 0.00881. The number of benzene rings is 1. The highest BCUT2D eigenvalue weighted by molar-refractivity contribution is 6.00. The van der Waals surface area contributed by atoms with E-state index in [0.29, 0.717) is 24.7 Å². The van der Waals surface area contributed by atoms with Crippen LogP contribution >= 0.6 is 0 Å². The Morgan fingerprint density at radius 2 is 2.04 bits per heavy atom. The molecule has 2 heterocycles. The van der Waals surface area contributed by atoms with Crippen LogP contribution in [0.5, 0.6) is 0 Å². The van der Waals surface area contributed by atoms with Crippen LogP contribution < -0.4 is 4.90 Å². The van der Waals surface area contributed by atoms with Gasteiger partial charge in [0.2, 0.25) is 11.8 Å². The zero-order valence-electron chi connectivity index (χ0n) is 14.8. The maximum Gasteiger partial charge on any atom is 0.228 e. The summed E-state index contributed by atoms with van der Waals surface area (Å²) < 4.78 is 4.79. The van der Waals surface area contributed by atoms with Crippen LogP contribution in [-0.4, -0.2) is 35.5 Å². The fourth-order valence-corrected chi connectivity index (χ4v) is 3.11. The summed E-state index contributed by atoms with van der Waals surface area (Å²) in [7, 11) is 1.72. The summed E-state index contributed by atoms with van der Waals surface area (Å²) in [6.07, 6.45) is 1.73. The number of rotatable bonds is 5. The minimum atomic E-state index is -0.325. The van der Waals surface area contributed by atoms with Crippen molar-refractivity contribution in [3.63, 3.8) is 0 Å². The van der Waals surface area contributed by atoms with Crippen LogP contribution in [0, 0.1) is 5.92 Å². The summed E-state index contributed by atoms with van der Waals surface area (Å²) in [5, 5.41) is 3.82. The van der Waals surface area contributed by atoms with E-state index in [2.05, 4.69) is 19.0 Å². The molecule has 0 unspecified atom stereocenters. The highest BCUT2D eigenvalue weighted by Crippen LogP contribution is 2.27. The normalized spacial score (nSPS) is 17.4. The van der Waals surface area contributed by atoms with Crippen LogP contribution in [0.1, 0.15) is 37.4 Å². The average Bonchev–Trinajstić information content (AvgIpc) is 3.23. The van der Waals surface area contributed by atoms with E-state index in [4.69, 9.17) is 4.52 Å². The lowest BCUT2D eigenvalue weighted by atomic mass is 10.0. The summed E-state index contributed by atoms with van der Waals surface area (Å²) >= 11 is 0. The molecule has 2 amide bonds. The van der Waals surface area contributed by atoms with Gasteiger partial charge in [-0.2, -0.15) is 0 Å². The lowest BCUT2D eigenvalue weighted by Gasteiger charge is -2.21. The van der Waals surface area contributed by atoms with Gasteiger partial charge in [0.1, 0.15) is 12.0 Å². The molecule has 0 N–H and O–H groups in total. The molecule has 1 fully saturated rings. The van der Waals surface area contributed by atoms with Crippen molar-refractivity contribution in [3.8, 4) is 0 Å². The van der Waals surface area contributed by atoms with Crippen molar-refractivity contribution >= 4 is 17.5 Å². The summed E-state index contributed by atoms with van der Waals surface area (Å²) in [6, 6.07) is 9.73. The van der Waals surface area contributed by atoms with Crippen LogP contribution in [0.3, 0.4) is 0 Å². The van der Waals surface area contributed by atoms with Crippen LogP contribution in [0.15, 0.2) is 41.1 Å². The van der Waals surface area contributed by atoms with E-state index < -0.39 is 0 Å². The van der Waals surface area contributed by atoms with Crippen LogP contribution in [-0.2, 0) is 16.1 Å². The first-order chi connectivity index (χ1) is 12.0. The molecule has 1 aromatic carbocycles. The zero-order chi connectivity index (χ0) is 18.0. The third-order valence-corrected chi connectivity index (χ3v) is 4.61. The van der Waals surface area contributed by atoms with Gasteiger partial charge in [0.05, 0.1) is 12.5 Å². The van der Waals surface area contributed by atoms with E-state index >= 15 is 0 Å². The van der Waals surface area contributed by atoms with Crippen molar-refractivity contribution < 1.29 is 14.1 Å². The molecule has 0 radical (unpaired) electrons. The molecule has 1 saturated heterocycles.